The molecular weight excluding hydrogens is 354 g/mol. The minimum Gasteiger partial charge on any atom is -0.491 e. The van der Waals surface area contributed by atoms with Gasteiger partial charge in [-0.15, -0.1) is 6.58 Å². The molecule has 2 aromatic rings. The van der Waals surface area contributed by atoms with E-state index in [1.54, 1.807) is 6.92 Å². The second kappa shape index (κ2) is 12.0. The molecule has 5 nitrogen and oxygen atoms in total. The Morgan fingerprint density at radius 3 is 2.61 bits per heavy atom. The SMILES string of the molecule is C=CCc1ccccc1OCC(O)CN(CC(=O)OCC)Cc1ccccc1. The van der Waals surface area contributed by atoms with Gasteiger partial charge in [-0.3, -0.25) is 9.69 Å². The van der Waals surface area contributed by atoms with Crippen molar-refractivity contribution >= 4 is 5.97 Å². The Balaban J connectivity index is 1.95. The Morgan fingerprint density at radius 2 is 1.89 bits per heavy atom. The summed E-state index contributed by atoms with van der Waals surface area (Å²) in [6.07, 6.45) is 1.78. The third kappa shape index (κ3) is 7.55. The van der Waals surface area contributed by atoms with Gasteiger partial charge in [0.05, 0.1) is 13.2 Å². The highest BCUT2D eigenvalue weighted by Crippen LogP contribution is 2.19. The molecule has 0 heterocycles. The van der Waals surface area contributed by atoms with Crippen LogP contribution < -0.4 is 4.74 Å². The van der Waals surface area contributed by atoms with Crippen LogP contribution in [0.1, 0.15) is 18.1 Å². The van der Waals surface area contributed by atoms with E-state index in [0.29, 0.717) is 26.1 Å². The zero-order valence-electron chi connectivity index (χ0n) is 16.4. The Morgan fingerprint density at radius 1 is 1.18 bits per heavy atom. The molecule has 28 heavy (non-hydrogen) atoms. The Hall–Kier alpha value is -2.63. The van der Waals surface area contributed by atoms with E-state index in [9.17, 15) is 9.90 Å². The van der Waals surface area contributed by atoms with Gasteiger partial charge in [0.15, 0.2) is 0 Å². The second-order valence-electron chi connectivity index (χ2n) is 6.53. The summed E-state index contributed by atoms with van der Waals surface area (Å²) in [7, 11) is 0. The highest BCUT2D eigenvalue weighted by molar-refractivity contribution is 5.71. The van der Waals surface area contributed by atoms with Crippen LogP contribution in [0, 0.1) is 0 Å². The maximum Gasteiger partial charge on any atom is 0.320 e. The van der Waals surface area contributed by atoms with Crippen LogP contribution in [0.3, 0.4) is 0 Å². The van der Waals surface area contributed by atoms with Crippen molar-refractivity contribution in [3.63, 3.8) is 0 Å². The average molecular weight is 383 g/mol. The molecule has 2 aromatic carbocycles. The van der Waals surface area contributed by atoms with Gasteiger partial charge in [0, 0.05) is 13.1 Å². The molecule has 0 aliphatic heterocycles. The van der Waals surface area contributed by atoms with E-state index in [4.69, 9.17) is 9.47 Å². The third-order valence-electron chi connectivity index (χ3n) is 4.14. The van der Waals surface area contributed by atoms with Gasteiger partial charge >= 0.3 is 5.97 Å². The molecule has 1 unspecified atom stereocenters. The zero-order chi connectivity index (χ0) is 20.2. The predicted octanol–water partition coefficient (Wildman–Crippen LogP) is 3.22. The topological polar surface area (TPSA) is 59.0 Å². The van der Waals surface area contributed by atoms with Crippen molar-refractivity contribution in [3.8, 4) is 5.75 Å². The summed E-state index contributed by atoms with van der Waals surface area (Å²) in [5.41, 5.74) is 2.09. The molecule has 0 amide bonds. The first-order valence-corrected chi connectivity index (χ1v) is 9.54. The summed E-state index contributed by atoms with van der Waals surface area (Å²) in [6.45, 7) is 6.98. The lowest BCUT2D eigenvalue weighted by molar-refractivity contribution is -0.144. The van der Waals surface area contributed by atoms with Crippen molar-refractivity contribution in [2.75, 3.05) is 26.3 Å². The van der Waals surface area contributed by atoms with Crippen molar-refractivity contribution in [1.29, 1.82) is 0 Å². The molecule has 0 aromatic heterocycles. The Bertz CT molecular complexity index is 732. The van der Waals surface area contributed by atoms with Gasteiger partial charge in [-0.25, -0.2) is 0 Å². The number of rotatable bonds is 12. The highest BCUT2D eigenvalue weighted by atomic mass is 16.5. The van der Waals surface area contributed by atoms with E-state index in [1.807, 2.05) is 65.6 Å². The van der Waals surface area contributed by atoms with E-state index in [0.717, 1.165) is 16.9 Å². The molecule has 1 N–H and O–H groups in total. The van der Waals surface area contributed by atoms with Crippen LogP contribution in [0.2, 0.25) is 0 Å². The number of nitrogens with zero attached hydrogens (tertiary/aromatic N) is 1. The minimum atomic E-state index is -0.741. The molecule has 150 valence electrons. The van der Waals surface area contributed by atoms with E-state index >= 15 is 0 Å². The molecule has 5 heteroatoms. The van der Waals surface area contributed by atoms with Crippen molar-refractivity contribution in [3.05, 3.63) is 78.4 Å². The second-order valence-corrected chi connectivity index (χ2v) is 6.53. The van der Waals surface area contributed by atoms with E-state index < -0.39 is 6.10 Å². The molecule has 0 radical (unpaired) electrons. The van der Waals surface area contributed by atoms with Gasteiger partial charge in [-0.05, 0) is 30.5 Å². The molecule has 0 aliphatic carbocycles. The van der Waals surface area contributed by atoms with Crippen molar-refractivity contribution in [2.45, 2.75) is 26.0 Å². The van der Waals surface area contributed by atoms with Crippen LogP contribution in [0.25, 0.3) is 0 Å². The summed E-state index contributed by atoms with van der Waals surface area (Å²) in [4.78, 5) is 13.8. The Labute approximate surface area is 167 Å². The van der Waals surface area contributed by atoms with Gasteiger partial charge in [0.2, 0.25) is 0 Å². The normalized spacial score (nSPS) is 11.8. The molecule has 0 bridgehead atoms. The van der Waals surface area contributed by atoms with Gasteiger partial charge in [0.1, 0.15) is 18.5 Å². The number of para-hydroxylation sites is 1. The summed E-state index contributed by atoms with van der Waals surface area (Å²) in [5.74, 6) is 0.435. The van der Waals surface area contributed by atoms with Crippen LogP contribution in [0.15, 0.2) is 67.3 Å². The van der Waals surface area contributed by atoms with Crippen molar-refractivity contribution < 1.29 is 19.4 Å². The highest BCUT2D eigenvalue weighted by Gasteiger charge is 2.17. The number of benzene rings is 2. The molecule has 1 atom stereocenters. The lowest BCUT2D eigenvalue weighted by Crippen LogP contribution is -2.39. The van der Waals surface area contributed by atoms with Crippen molar-refractivity contribution in [2.24, 2.45) is 0 Å². The van der Waals surface area contributed by atoms with Gasteiger partial charge in [-0.1, -0.05) is 54.6 Å². The third-order valence-corrected chi connectivity index (χ3v) is 4.14. The molecule has 0 aliphatic rings. The van der Waals surface area contributed by atoms with Gasteiger partial charge in [-0.2, -0.15) is 0 Å². The first kappa shape index (κ1) is 21.7. The van der Waals surface area contributed by atoms with Crippen LogP contribution in [0.5, 0.6) is 5.75 Å². The smallest absolute Gasteiger partial charge is 0.320 e. The van der Waals surface area contributed by atoms with Crippen LogP contribution in [0.4, 0.5) is 0 Å². The van der Waals surface area contributed by atoms with E-state index in [-0.39, 0.29) is 19.1 Å². The number of ether oxygens (including phenoxy) is 2. The maximum atomic E-state index is 11.9. The average Bonchev–Trinajstić information content (AvgIpc) is 2.68. The van der Waals surface area contributed by atoms with Crippen molar-refractivity contribution in [1.82, 2.24) is 4.90 Å². The molecule has 0 fully saturated rings. The fourth-order valence-corrected chi connectivity index (χ4v) is 2.92. The number of aliphatic hydroxyl groups is 1. The number of esters is 1. The van der Waals surface area contributed by atoms with E-state index in [1.165, 1.54) is 0 Å². The summed E-state index contributed by atoms with van der Waals surface area (Å²) in [6, 6.07) is 17.5. The molecular formula is C23H29NO4. The summed E-state index contributed by atoms with van der Waals surface area (Å²) >= 11 is 0. The minimum absolute atomic E-state index is 0.118. The summed E-state index contributed by atoms with van der Waals surface area (Å²) in [5, 5.41) is 10.5. The number of carbonyl (C=O) groups excluding carboxylic acids is 1. The number of carbonyl (C=O) groups is 1. The monoisotopic (exact) mass is 383 g/mol. The largest absolute Gasteiger partial charge is 0.491 e. The lowest BCUT2D eigenvalue weighted by Gasteiger charge is -2.24. The van der Waals surface area contributed by atoms with Crippen LogP contribution in [-0.4, -0.2) is 48.4 Å². The number of hydrogen-bond acceptors (Lipinski definition) is 5. The zero-order valence-corrected chi connectivity index (χ0v) is 16.4. The first-order valence-electron chi connectivity index (χ1n) is 9.54. The van der Waals surface area contributed by atoms with E-state index in [2.05, 4.69) is 6.58 Å². The number of hydrogen-bond donors (Lipinski definition) is 1. The molecule has 2 rings (SSSR count). The van der Waals surface area contributed by atoms with Gasteiger partial charge in [0.25, 0.3) is 0 Å². The maximum absolute atomic E-state index is 11.9. The number of allylic oxidation sites excluding steroid dienone is 1. The number of aliphatic hydroxyl groups excluding tert-OH is 1. The predicted molar refractivity (Wildman–Crippen MR) is 110 cm³/mol. The fraction of sp³-hybridized carbons (Fsp3) is 0.348. The molecule has 0 saturated heterocycles. The first-order chi connectivity index (χ1) is 13.6. The quantitative estimate of drug-likeness (QED) is 0.450. The van der Waals surface area contributed by atoms with Crippen LogP contribution >= 0.6 is 0 Å². The summed E-state index contributed by atoms with van der Waals surface area (Å²) < 4.78 is 10.9. The molecule has 0 saturated carbocycles. The molecule has 0 spiro atoms. The Kier molecular flexibility index (Phi) is 9.25. The fourth-order valence-electron chi connectivity index (χ4n) is 2.92. The van der Waals surface area contributed by atoms with Crippen LogP contribution in [-0.2, 0) is 22.5 Å². The lowest BCUT2D eigenvalue weighted by atomic mass is 10.1. The van der Waals surface area contributed by atoms with Gasteiger partial charge < -0.3 is 14.6 Å². The standard InChI is InChI=1S/C23H29NO4/c1-3-10-20-13-8-9-14-22(20)28-18-21(25)16-24(17-23(26)27-4-2)15-19-11-6-5-7-12-19/h3,5-9,11-14,21,25H,1,4,10,15-18H2,2H3.